The Kier molecular flexibility index (Phi) is 5.89. The molecule has 0 radical (unpaired) electrons. The number of carbonyl (C=O) groups is 2. The summed E-state index contributed by atoms with van der Waals surface area (Å²) in [7, 11) is 0. The molecule has 1 heterocycles. The SMILES string of the molecule is CC(=O)Nc1ccc(NC(=O)c2nn(-c3ccccc3)c(=O)c3ccccc23)c(C(F)(F)F)c1. The van der Waals surface area contributed by atoms with Crippen LogP contribution in [0.25, 0.3) is 16.5 Å². The molecule has 3 aromatic carbocycles. The van der Waals surface area contributed by atoms with Gasteiger partial charge in [-0.05, 0) is 36.4 Å². The second-order valence-corrected chi connectivity index (χ2v) is 7.34. The third-order valence-electron chi connectivity index (χ3n) is 4.91. The Bertz CT molecular complexity index is 1460. The molecule has 0 unspecified atom stereocenters. The highest BCUT2D eigenvalue weighted by Gasteiger charge is 2.34. The summed E-state index contributed by atoms with van der Waals surface area (Å²) in [6, 6.07) is 17.6. The number of para-hydroxylation sites is 1. The molecule has 7 nitrogen and oxygen atoms in total. The zero-order valence-electron chi connectivity index (χ0n) is 17.7. The Labute approximate surface area is 190 Å². The molecule has 0 bridgehead atoms. The number of alkyl halides is 3. The lowest BCUT2D eigenvalue weighted by atomic mass is 10.1. The molecule has 0 fully saturated rings. The lowest BCUT2D eigenvalue weighted by Gasteiger charge is -2.16. The first-order chi connectivity index (χ1) is 16.1. The van der Waals surface area contributed by atoms with Crippen LogP contribution >= 0.6 is 0 Å². The fourth-order valence-corrected chi connectivity index (χ4v) is 3.45. The van der Waals surface area contributed by atoms with E-state index in [1.54, 1.807) is 42.5 Å². The van der Waals surface area contributed by atoms with Gasteiger partial charge in [0.2, 0.25) is 5.91 Å². The fourth-order valence-electron chi connectivity index (χ4n) is 3.45. The molecule has 0 saturated heterocycles. The summed E-state index contributed by atoms with van der Waals surface area (Å²) in [6.45, 7) is 1.17. The van der Waals surface area contributed by atoms with Crippen LogP contribution in [0.1, 0.15) is 23.0 Å². The van der Waals surface area contributed by atoms with Gasteiger partial charge in [-0.25, -0.2) is 0 Å². The van der Waals surface area contributed by atoms with E-state index in [2.05, 4.69) is 15.7 Å². The zero-order chi connectivity index (χ0) is 24.5. The van der Waals surface area contributed by atoms with Crippen molar-refractivity contribution in [3.05, 3.63) is 94.4 Å². The van der Waals surface area contributed by atoms with Gasteiger partial charge in [0.1, 0.15) is 0 Å². The minimum absolute atomic E-state index is 0.0703. The Morgan fingerprint density at radius 3 is 2.18 bits per heavy atom. The maximum Gasteiger partial charge on any atom is 0.418 e. The molecule has 0 atom stereocenters. The van der Waals surface area contributed by atoms with Crippen LogP contribution in [0.5, 0.6) is 0 Å². The van der Waals surface area contributed by atoms with Gasteiger partial charge in [0.15, 0.2) is 5.69 Å². The van der Waals surface area contributed by atoms with Crippen molar-refractivity contribution in [2.45, 2.75) is 13.1 Å². The van der Waals surface area contributed by atoms with Crippen LogP contribution in [0.3, 0.4) is 0 Å². The van der Waals surface area contributed by atoms with Crippen LogP contribution in [0.4, 0.5) is 24.5 Å². The van der Waals surface area contributed by atoms with Crippen LogP contribution in [0.15, 0.2) is 77.6 Å². The first kappa shape index (κ1) is 22.7. The molecule has 4 rings (SSSR count). The molecular weight excluding hydrogens is 449 g/mol. The standard InChI is InChI=1S/C24H17F3N4O3/c1-14(32)28-15-11-12-20(19(13-15)24(25,26)27)29-22(33)21-17-9-5-6-10-18(17)23(34)31(30-21)16-7-3-2-4-8-16/h2-13H,1H3,(H,28,32)(H,29,33). The predicted octanol–water partition coefficient (Wildman–Crippen LogP) is 4.62. The van der Waals surface area contributed by atoms with Crippen molar-refractivity contribution in [2.75, 3.05) is 10.6 Å². The normalized spacial score (nSPS) is 11.3. The summed E-state index contributed by atoms with van der Waals surface area (Å²) < 4.78 is 42.1. The van der Waals surface area contributed by atoms with Gasteiger partial charge in [0.25, 0.3) is 11.5 Å². The minimum atomic E-state index is -4.81. The number of fused-ring (bicyclic) bond motifs is 1. The van der Waals surface area contributed by atoms with E-state index in [9.17, 15) is 27.6 Å². The van der Waals surface area contributed by atoms with Gasteiger partial charge < -0.3 is 10.6 Å². The molecule has 10 heteroatoms. The first-order valence-electron chi connectivity index (χ1n) is 10.0. The van der Waals surface area contributed by atoms with E-state index in [4.69, 9.17) is 0 Å². The highest BCUT2D eigenvalue weighted by Crippen LogP contribution is 2.37. The van der Waals surface area contributed by atoms with Crippen LogP contribution in [0, 0.1) is 0 Å². The van der Waals surface area contributed by atoms with Crippen molar-refractivity contribution in [1.82, 2.24) is 9.78 Å². The number of carbonyl (C=O) groups excluding carboxylic acids is 2. The van der Waals surface area contributed by atoms with Gasteiger partial charge in [-0.2, -0.15) is 23.0 Å². The summed E-state index contributed by atoms with van der Waals surface area (Å²) in [5.74, 6) is -1.47. The summed E-state index contributed by atoms with van der Waals surface area (Å²) >= 11 is 0. The van der Waals surface area contributed by atoms with Crippen molar-refractivity contribution < 1.29 is 22.8 Å². The monoisotopic (exact) mass is 466 g/mol. The number of halogens is 3. The largest absolute Gasteiger partial charge is 0.418 e. The summed E-state index contributed by atoms with van der Waals surface area (Å²) in [5.41, 5.74) is -2.04. The molecular formula is C24H17F3N4O3. The van der Waals surface area contributed by atoms with E-state index in [1.165, 1.54) is 25.1 Å². The molecule has 0 aliphatic rings. The summed E-state index contributed by atoms with van der Waals surface area (Å²) in [6.07, 6.45) is -4.81. The molecule has 0 spiro atoms. The summed E-state index contributed by atoms with van der Waals surface area (Å²) in [5, 5.41) is 9.09. The number of hydrogen-bond acceptors (Lipinski definition) is 4. The summed E-state index contributed by atoms with van der Waals surface area (Å²) in [4.78, 5) is 37.3. The zero-order valence-corrected chi connectivity index (χ0v) is 17.7. The molecule has 2 N–H and O–H groups in total. The topological polar surface area (TPSA) is 93.1 Å². The fraction of sp³-hybridized carbons (Fsp3) is 0.0833. The van der Waals surface area contributed by atoms with Crippen LogP contribution in [-0.4, -0.2) is 21.6 Å². The maximum absolute atomic E-state index is 13.7. The second kappa shape index (κ2) is 8.81. The van der Waals surface area contributed by atoms with E-state index < -0.39 is 34.8 Å². The Morgan fingerprint density at radius 2 is 1.53 bits per heavy atom. The van der Waals surface area contributed by atoms with E-state index in [-0.39, 0.29) is 22.2 Å². The molecule has 4 aromatic rings. The number of anilines is 2. The van der Waals surface area contributed by atoms with Gasteiger partial charge >= 0.3 is 6.18 Å². The Balaban J connectivity index is 1.82. The number of amides is 2. The average molecular weight is 466 g/mol. The van der Waals surface area contributed by atoms with Crippen molar-refractivity contribution >= 4 is 34.0 Å². The van der Waals surface area contributed by atoms with Gasteiger partial charge in [0.05, 0.1) is 22.3 Å². The van der Waals surface area contributed by atoms with E-state index in [1.807, 2.05) is 0 Å². The number of aromatic nitrogens is 2. The Morgan fingerprint density at radius 1 is 0.882 bits per heavy atom. The van der Waals surface area contributed by atoms with E-state index in [0.717, 1.165) is 16.8 Å². The van der Waals surface area contributed by atoms with Crippen molar-refractivity contribution in [2.24, 2.45) is 0 Å². The van der Waals surface area contributed by atoms with Crippen molar-refractivity contribution in [1.29, 1.82) is 0 Å². The molecule has 172 valence electrons. The number of benzene rings is 3. The second-order valence-electron chi connectivity index (χ2n) is 7.34. The van der Waals surface area contributed by atoms with Crippen LogP contribution in [0.2, 0.25) is 0 Å². The lowest BCUT2D eigenvalue weighted by Crippen LogP contribution is -2.27. The van der Waals surface area contributed by atoms with Gasteiger partial charge in [-0.15, -0.1) is 0 Å². The van der Waals surface area contributed by atoms with E-state index in [0.29, 0.717) is 5.69 Å². The number of nitrogens with zero attached hydrogens (tertiary/aromatic N) is 2. The Hall–Kier alpha value is -4.47. The van der Waals surface area contributed by atoms with Crippen LogP contribution < -0.4 is 16.2 Å². The smallest absolute Gasteiger partial charge is 0.326 e. The quantitative estimate of drug-likeness (QED) is 0.459. The minimum Gasteiger partial charge on any atom is -0.326 e. The van der Waals surface area contributed by atoms with Crippen LogP contribution in [-0.2, 0) is 11.0 Å². The molecule has 34 heavy (non-hydrogen) atoms. The third kappa shape index (κ3) is 4.51. The van der Waals surface area contributed by atoms with E-state index >= 15 is 0 Å². The van der Waals surface area contributed by atoms with Gasteiger partial charge in [-0.3, -0.25) is 14.4 Å². The van der Waals surface area contributed by atoms with Gasteiger partial charge in [0, 0.05) is 18.0 Å². The number of nitrogens with one attached hydrogen (secondary N) is 2. The highest BCUT2D eigenvalue weighted by atomic mass is 19.4. The number of rotatable bonds is 4. The molecule has 0 saturated carbocycles. The first-order valence-corrected chi connectivity index (χ1v) is 10.0. The molecule has 0 aliphatic heterocycles. The number of hydrogen-bond donors (Lipinski definition) is 2. The van der Waals surface area contributed by atoms with Crippen molar-refractivity contribution in [3.8, 4) is 5.69 Å². The molecule has 1 aromatic heterocycles. The van der Waals surface area contributed by atoms with Gasteiger partial charge in [-0.1, -0.05) is 36.4 Å². The predicted molar refractivity (Wildman–Crippen MR) is 121 cm³/mol. The van der Waals surface area contributed by atoms with Crippen molar-refractivity contribution in [3.63, 3.8) is 0 Å². The lowest BCUT2D eigenvalue weighted by molar-refractivity contribution is -0.137. The highest BCUT2D eigenvalue weighted by molar-refractivity contribution is 6.11. The average Bonchev–Trinajstić information content (AvgIpc) is 2.80. The molecule has 0 aliphatic carbocycles. The third-order valence-corrected chi connectivity index (χ3v) is 4.91. The maximum atomic E-state index is 13.7. The molecule has 2 amide bonds.